The largest absolute Gasteiger partial charge is 0.363 e. The van der Waals surface area contributed by atoms with Crippen LogP contribution in [0.15, 0.2) is 24.3 Å². The molecule has 0 saturated carbocycles. The Labute approximate surface area is 114 Å². The van der Waals surface area contributed by atoms with E-state index in [2.05, 4.69) is 26.9 Å². The van der Waals surface area contributed by atoms with Crippen LogP contribution in [0.5, 0.6) is 0 Å². The van der Waals surface area contributed by atoms with Crippen molar-refractivity contribution in [2.24, 2.45) is 0 Å². The lowest BCUT2D eigenvalue weighted by molar-refractivity contribution is 0.102. The van der Waals surface area contributed by atoms with Gasteiger partial charge in [0.05, 0.1) is 12.5 Å². The molecule has 0 aliphatic rings. The Bertz CT molecular complexity index is 614. The summed E-state index contributed by atoms with van der Waals surface area (Å²) in [6.07, 6.45) is 0.357. The highest BCUT2D eigenvalue weighted by molar-refractivity contribution is 7.17. The summed E-state index contributed by atoms with van der Waals surface area (Å²) in [4.78, 5) is 11.9. The van der Waals surface area contributed by atoms with Gasteiger partial charge in [0.25, 0.3) is 5.91 Å². The zero-order chi connectivity index (χ0) is 13.7. The van der Waals surface area contributed by atoms with E-state index in [0.717, 1.165) is 5.56 Å². The monoisotopic (exact) mass is 273 g/mol. The van der Waals surface area contributed by atoms with Gasteiger partial charge in [0.15, 0.2) is 0 Å². The average Bonchev–Trinajstić information content (AvgIpc) is 2.90. The predicted octanol–water partition coefficient (Wildman–Crippen LogP) is 1.90. The van der Waals surface area contributed by atoms with Crippen molar-refractivity contribution in [3.63, 3.8) is 0 Å². The Morgan fingerprint density at radius 3 is 2.68 bits per heavy atom. The molecule has 0 unspecified atom stereocenters. The molecule has 1 heterocycles. The van der Waals surface area contributed by atoms with Gasteiger partial charge in [0, 0.05) is 12.7 Å². The van der Waals surface area contributed by atoms with Gasteiger partial charge in [-0.05, 0) is 17.7 Å². The molecule has 96 valence electrons. The molecular formula is C12H11N5OS. The maximum atomic E-state index is 11.9. The summed E-state index contributed by atoms with van der Waals surface area (Å²) in [7, 11) is 1.72. The number of anilines is 2. The number of hydrogen-bond acceptors (Lipinski definition) is 6. The second-order valence-corrected chi connectivity index (χ2v) is 4.63. The van der Waals surface area contributed by atoms with E-state index in [1.165, 1.54) is 11.3 Å². The van der Waals surface area contributed by atoms with E-state index in [4.69, 9.17) is 5.26 Å². The smallest absolute Gasteiger partial charge is 0.286 e. The Morgan fingerprint density at radius 1 is 1.37 bits per heavy atom. The molecule has 2 aromatic rings. The van der Waals surface area contributed by atoms with Gasteiger partial charge < -0.3 is 10.6 Å². The first-order valence-electron chi connectivity index (χ1n) is 5.51. The zero-order valence-electron chi connectivity index (χ0n) is 10.2. The lowest BCUT2D eigenvalue weighted by Gasteiger charge is -2.03. The number of nitrogens with one attached hydrogen (secondary N) is 2. The molecule has 2 N–H and O–H groups in total. The number of benzene rings is 1. The topological polar surface area (TPSA) is 90.7 Å². The average molecular weight is 273 g/mol. The van der Waals surface area contributed by atoms with E-state index in [1.807, 2.05) is 0 Å². The molecule has 0 spiro atoms. The molecule has 6 nitrogen and oxygen atoms in total. The van der Waals surface area contributed by atoms with E-state index in [0.29, 0.717) is 22.2 Å². The number of amides is 1. The van der Waals surface area contributed by atoms with Crippen LogP contribution in [-0.4, -0.2) is 23.2 Å². The standard InChI is InChI=1S/C12H11N5OS/c1-14-12-17-16-11(19-12)10(18)15-9-4-2-8(3-5-9)6-7-13/h2-5H,6H2,1H3,(H,14,17)(H,15,18). The summed E-state index contributed by atoms with van der Waals surface area (Å²) >= 11 is 1.18. The fourth-order valence-electron chi connectivity index (χ4n) is 1.40. The molecule has 0 aliphatic carbocycles. The fourth-order valence-corrected chi connectivity index (χ4v) is 1.99. The Morgan fingerprint density at radius 2 is 2.11 bits per heavy atom. The van der Waals surface area contributed by atoms with Gasteiger partial charge in [-0.25, -0.2) is 0 Å². The molecule has 7 heteroatoms. The van der Waals surface area contributed by atoms with Gasteiger partial charge in [-0.1, -0.05) is 23.5 Å². The number of carbonyl (C=O) groups is 1. The Balaban J connectivity index is 2.04. The number of aromatic nitrogens is 2. The normalized spacial score (nSPS) is 9.68. The van der Waals surface area contributed by atoms with Crippen molar-refractivity contribution in [1.29, 1.82) is 5.26 Å². The summed E-state index contributed by atoms with van der Waals surface area (Å²) in [6, 6.07) is 9.18. The maximum Gasteiger partial charge on any atom is 0.286 e. The van der Waals surface area contributed by atoms with Gasteiger partial charge in [-0.3, -0.25) is 4.79 Å². The van der Waals surface area contributed by atoms with Crippen LogP contribution in [-0.2, 0) is 6.42 Å². The van der Waals surface area contributed by atoms with Gasteiger partial charge >= 0.3 is 0 Å². The van der Waals surface area contributed by atoms with E-state index >= 15 is 0 Å². The number of carbonyl (C=O) groups excluding carboxylic acids is 1. The van der Waals surface area contributed by atoms with Crippen LogP contribution < -0.4 is 10.6 Å². The van der Waals surface area contributed by atoms with Crippen LogP contribution in [0.1, 0.15) is 15.4 Å². The molecule has 0 saturated heterocycles. The third kappa shape index (κ3) is 3.26. The summed E-state index contributed by atoms with van der Waals surface area (Å²) in [5.41, 5.74) is 1.57. The molecule has 2 rings (SSSR count). The highest BCUT2D eigenvalue weighted by Gasteiger charge is 2.12. The first-order chi connectivity index (χ1) is 9.22. The minimum atomic E-state index is -0.299. The number of rotatable bonds is 4. The third-order valence-corrected chi connectivity index (χ3v) is 3.27. The second kappa shape index (κ2) is 5.93. The van der Waals surface area contributed by atoms with Crippen LogP contribution >= 0.6 is 11.3 Å². The molecule has 0 fully saturated rings. The quantitative estimate of drug-likeness (QED) is 0.887. The van der Waals surface area contributed by atoms with Crippen molar-refractivity contribution < 1.29 is 4.79 Å². The van der Waals surface area contributed by atoms with Crippen LogP contribution in [0.3, 0.4) is 0 Å². The van der Waals surface area contributed by atoms with E-state index in [9.17, 15) is 4.79 Å². The first-order valence-corrected chi connectivity index (χ1v) is 6.33. The highest BCUT2D eigenvalue weighted by atomic mass is 32.1. The van der Waals surface area contributed by atoms with E-state index in [1.54, 1.807) is 31.3 Å². The van der Waals surface area contributed by atoms with Gasteiger partial charge in [0.1, 0.15) is 0 Å². The van der Waals surface area contributed by atoms with Gasteiger partial charge in [-0.15, -0.1) is 10.2 Å². The molecule has 0 atom stereocenters. The highest BCUT2D eigenvalue weighted by Crippen LogP contribution is 2.16. The van der Waals surface area contributed by atoms with Crippen molar-refractivity contribution in [1.82, 2.24) is 10.2 Å². The fraction of sp³-hybridized carbons (Fsp3) is 0.167. The van der Waals surface area contributed by atoms with Crippen molar-refractivity contribution in [3.8, 4) is 6.07 Å². The lowest BCUT2D eigenvalue weighted by atomic mass is 10.1. The Hall–Kier alpha value is -2.46. The van der Waals surface area contributed by atoms with Crippen molar-refractivity contribution in [3.05, 3.63) is 34.8 Å². The van der Waals surface area contributed by atoms with Crippen molar-refractivity contribution >= 4 is 28.1 Å². The summed E-state index contributed by atoms with van der Waals surface area (Å²) in [5, 5.41) is 22.6. The van der Waals surface area contributed by atoms with Gasteiger partial charge in [-0.2, -0.15) is 5.26 Å². The number of hydrogen-bond donors (Lipinski definition) is 2. The summed E-state index contributed by atoms with van der Waals surface area (Å²) in [6.45, 7) is 0. The molecule has 1 amide bonds. The molecule has 0 radical (unpaired) electrons. The molecule has 19 heavy (non-hydrogen) atoms. The maximum absolute atomic E-state index is 11.9. The zero-order valence-corrected chi connectivity index (χ0v) is 11.0. The molecule has 1 aromatic carbocycles. The minimum Gasteiger partial charge on any atom is -0.363 e. The van der Waals surface area contributed by atoms with Crippen LogP contribution in [0.4, 0.5) is 10.8 Å². The van der Waals surface area contributed by atoms with Crippen LogP contribution in [0.25, 0.3) is 0 Å². The summed E-state index contributed by atoms with van der Waals surface area (Å²) < 4.78 is 0. The van der Waals surface area contributed by atoms with E-state index in [-0.39, 0.29) is 5.91 Å². The molecule has 0 bridgehead atoms. The molecular weight excluding hydrogens is 262 g/mol. The number of nitrogens with zero attached hydrogens (tertiary/aromatic N) is 3. The molecule has 1 aromatic heterocycles. The van der Waals surface area contributed by atoms with Gasteiger partial charge in [0.2, 0.25) is 10.1 Å². The first kappa shape index (κ1) is 13.0. The van der Waals surface area contributed by atoms with Crippen LogP contribution in [0.2, 0.25) is 0 Å². The molecule has 0 aliphatic heterocycles. The summed E-state index contributed by atoms with van der Waals surface area (Å²) in [5.74, 6) is -0.299. The number of nitriles is 1. The van der Waals surface area contributed by atoms with Crippen molar-refractivity contribution in [2.75, 3.05) is 17.7 Å². The predicted molar refractivity (Wildman–Crippen MR) is 73.2 cm³/mol. The third-order valence-electron chi connectivity index (χ3n) is 2.33. The SMILES string of the molecule is CNc1nnc(C(=O)Nc2ccc(CC#N)cc2)s1. The second-order valence-electron chi connectivity index (χ2n) is 3.65. The van der Waals surface area contributed by atoms with Crippen LogP contribution in [0, 0.1) is 11.3 Å². The van der Waals surface area contributed by atoms with Crippen molar-refractivity contribution in [2.45, 2.75) is 6.42 Å². The lowest BCUT2D eigenvalue weighted by Crippen LogP contribution is -2.11. The minimum absolute atomic E-state index is 0.297. The Kier molecular flexibility index (Phi) is 4.05. The van der Waals surface area contributed by atoms with E-state index < -0.39 is 0 Å².